The summed E-state index contributed by atoms with van der Waals surface area (Å²) in [5, 5.41) is 0. The molecule has 0 radical (unpaired) electrons. The van der Waals surface area contributed by atoms with Crippen LogP contribution in [0.2, 0.25) is 0 Å². The van der Waals surface area contributed by atoms with Crippen LogP contribution in [-0.4, -0.2) is 24.5 Å². The van der Waals surface area contributed by atoms with Gasteiger partial charge in [-0.1, -0.05) is 18.2 Å². The third kappa shape index (κ3) is 7.34. The highest BCUT2D eigenvalue weighted by Gasteiger charge is 2.40. The molecular formula is C27H26F9NO2. The minimum absolute atomic E-state index is 0.0779. The molecule has 0 aliphatic carbocycles. The summed E-state index contributed by atoms with van der Waals surface area (Å²) in [5.74, 6) is -1.54. The second-order valence-electron chi connectivity index (χ2n) is 9.41. The van der Waals surface area contributed by atoms with Crippen molar-refractivity contribution in [3.8, 4) is 0 Å². The van der Waals surface area contributed by atoms with E-state index < -0.39 is 65.3 Å². The van der Waals surface area contributed by atoms with Gasteiger partial charge >= 0.3 is 24.5 Å². The Kier molecular flexibility index (Phi) is 9.09. The highest BCUT2D eigenvalue weighted by molar-refractivity contribution is 5.72. The lowest BCUT2D eigenvalue weighted by Gasteiger charge is -2.42. The zero-order chi connectivity index (χ0) is 29.2. The van der Waals surface area contributed by atoms with Crippen molar-refractivity contribution in [2.45, 2.75) is 50.4 Å². The molecule has 2 aromatic rings. The van der Waals surface area contributed by atoms with Crippen molar-refractivity contribution in [3.63, 3.8) is 0 Å². The Labute approximate surface area is 219 Å². The molecular weight excluding hydrogens is 541 g/mol. The molecule has 0 aromatic heterocycles. The normalized spacial score (nSPS) is 19.9. The molecule has 1 unspecified atom stereocenters. The first kappa shape index (κ1) is 30.5. The van der Waals surface area contributed by atoms with E-state index in [0.717, 1.165) is 12.1 Å². The van der Waals surface area contributed by atoms with E-state index in [2.05, 4.69) is 6.58 Å². The summed E-state index contributed by atoms with van der Waals surface area (Å²) in [7, 11) is 1.20. The maximum Gasteiger partial charge on any atom is 0.416 e. The minimum Gasteiger partial charge on any atom is -0.469 e. The van der Waals surface area contributed by atoms with Crippen LogP contribution >= 0.6 is 0 Å². The number of alkyl halides is 9. The fourth-order valence-corrected chi connectivity index (χ4v) is 5.05. The number of carbonyl (C=O) groups excluding carboxylic acids is 1. The van der Waals surface area contributed by atoms with Crippen LogP contribution in [0.4, 0.5) is 39.5 Å². The molecule has 1 aliphatic rings. The number of piperidine rings is 1. The monoisotopic (exact) mass is 567 g/mol. The number of hydrogen-bond donors (Lipinski definition) is 0. The van der Waals surface area contributed by atoms with Crippen LogP contribution in [0, 0.1) is 11.8 Å². The number of esters is 1. The summed E-state index contributed by atoms with van der Waals surface area (Å²) in [4.78, 5) is 13.9. The van der Waals surface area contributed by atoms with Crippen molar-refractivity contribution in [2.75, 3.05) is 13.7 Å². The van der Waals surface area contributed by atoms with Gasteiger partial charge in [0, 0.05) is 12.6 Å². The van der Waals surface area contributed by atoms with Crippen LogP contribution in [0.3, 0.4) is 0 Å². The summed E-state index contributed by atoms with van der Waals surface area (Å²) in [5.41, 5.74) is -3.69. The quantitative estimate of drug-likeness (QED) is 0.193. The third-order valence-corrected chi connectivity index (χ3v) is 6.98. The fraction of sp³-hybridized carbons (Fsp3) is 0.444. The maximum absolute atomic E-state index is 13.7. The van der Waals surface area contributed by atoms with Crippen LogP contribution in [0.5, 0.6) is 0 Å². The SMILES string of the molecule is C=CCC(C(=O)OC)[C@H]1CCN(Cc2cc(C(F)(F)F)ccc2C(F)(F)F)[C@@H](c2ccc(C(F)(F)F)cc2)C1. The molecule has 1 aliphatic heterocycles. The second kappa shape index (κ2) is 11.6. The Hall–Kier alpha value is -3.02. The Morgan fingerprint density at radius 1 is 0.974 bits per heavy atom. The average Bonchev–Trinajstić information content (AvgIpc) is 2.85. The summed E-state index contributed by atoms with van der Waals surface area (Å²) in [6.07, 6.45) is -12.2. The number of hydrogen-bond acceptors (Lipinski definition) is 3. The standard InChI is InChI=1S/C27H26F9NO2/c1-3-4-21(24(38)39-2)17-11-12-37(23(14-17)16-5-7-19(8-6-16)25(28,29)30)15-18-13-20(26(31,32)33)9-10-22(18)27(34,35)36/h3,5-10,13,17,21,23H,1,4,11-12,14-15H2,2H3/t17-,21?,23+/m0/s1. The van der Waals surface area contributed by atoms with Gasteiger partial charge in [0.1, 0.15) is 0 Å². The first-order valence-corrected chi connectivity index (χ1v) is 11.9. The van der Waals surface area contributed by atoms with Gasteiger partial charge in [0.15, 0.2) is 0 Å². The van der Waals surface area contributed by atoms with Gasteiger partial charge in [0.2, 0.25) is 0 Å². The molecule has 214 valence electrons. The van der Waals surface area contributed by atoms with Crippen molar-refractivity contribution in [2.24, 2.45) is 11.8 Å². The van der Waals surface area contributed by atoms with Gasteiger partial charge in [-0.3, -0.25) is 9.69 Å². The molecule has 3 rings (SSSR count). The molecule has 0 amide bonds. The average molecular weight is 567 g/mol. The van der Waals surface area contributed by atoms with E-state index in [1.54, 1.807) is 0 Å². The number of allylic oxidation sites excluding steroid dienone is 1. The van der Waals surface area contributed by atoms with Gasteiger partial charge in [-0.15, -0.1) is 6.58 Å². The topological polar surface area (TPSA) is 29.5 Å². The lowest BCUT2D eigenvalue weighted by Crippen LogP contribution is -2.40. The first-order chi connectivity index (χ1) is 18.1. The number of halogens is 9. The molecule has 0 N–H and O–H groups in total. The highest BCUT2D eigenvalue weighted by atomic mass is 19.4. The van der Waals surface area contributed by atoms with Crippen molar-refractivity contribution < 1.29 is 49.0 Å². The van der Waals surface area contributed by atoms with Gasteiger partial charge in [-0.05, 0) is 73.2 Å². The Bertz CT molecular complexity index is 1150. The molecule has 0 saturated carbocycles. The largest absolute Gasteiger partial charge is 0.469 e. The van der Waals surface area contributed by atoms with Gasteiger partial charge in [0.05, 0.1) is 29.7 Å². The summed E-state index contributed by atoms with van der Waals surface area (Å²) in [6, 6.07) is 4.48. The summed E-state index contributed by atoms with van der Waals surface area (Å²) in [6.45, 7) is 3.17. The molecule has 0 spiro atoms. The number of benzene rings is 2. The predicted molar refractivity (Wildman–Crippen MR) is 124 cm³/mol. The molecule has 1 saturated heterocycles. The molecule has 0 bridgehead atoms. The summed E-state index contributed by atoms with van der Waals surface area (Å²) >= 11 is 0. The van der Waals surface area contributed by atoms with Crippen molar-refractivity contribution in [1.29, 1.82) is 0 Å². The molecule has 3 atom stereocenters. The zero-order valence-electron chi connectivity index (χ0n) is 20.8. The molecule has 1 heterocycles. The Morgan fingerprint density at radius 3 is 2.08 bits per heavy atom. The van der Waals surface area contributed by atoms with Crippen molar-refractivity contribution in [1.82, 2.24) is 4.90 Å². The van der Waals surface area contributed by atoms with E-state index in [1.165, 1.54) is 30.2 Å². The summed E-state index contributed by atoms with van der Waals surface area (Å²) < 4.78 is 125. The van der Waals surface area contributed by atoms with E-state index >= 15 is 0 Å². The van der Waals surface area contributed by atoms with Gasteiger partial charge in [0.25, 0.3) is 0 Å². The van der Waals surface area contributed by atoms with E-state index in [-0.39, 0.29) is 25.3 Å². The number of ether oxygens (including phenoxy) is 1. The van der Waals surface area contributed by atoms with Crippen molar-refractivity contribution >= 4 is 5.97 Å². The lowest BCUT2D eigenvalue weighted by molar-refractivity contribution is -0.148. The predicted octanol–water partition coefficient (Wildman–Crippen LogP) is 8.06. The van der Waals surface area contributed by atoms with E-state index in [1.807, 2.05) is 0 Å². The fourth-order valence-electron chi connectivity index (χ4n) is 5.05. The van der Waals surface area contributed by atoms with E-state index in [4.69, 9.17) is 4.74 Å². The van der Waals surface area contributed by atoms with Gasteiger partial charge in [-0.2, -0.15) is 39.5 Å². The number of nitrogens with zero attached hydrogens (tertiary/aromatic N) is 1. The number of carbonyl (C=O) groups is 1. The van der Waals surface area contributed by atoms with Crippen LogP contribution in [-0.2, 0) is 34.6 Å². The number of likely N-dealkylation sites (tertiary alicyclic amines) is 1. The van der Waals surface area contributed by atoms with Crippen LogP contribution in [0.1, 0.15) is 53.1 Å². The maximum atomic E-state index is 13.7. The van der Waals surface area contributed by atoms with Crippen molar-refractivity contribution in [3.05, 3.63) is 82.9 Å². The molecule has 1 fully saturated rings. The van der Waals surface area contributed by atoms with Crippen LogP contribution in [0.15, 0.2) is 55.1 Å². The first-order valence-electron chi connectivity index (χ1n) is 11.9. The van der Waals surface area contributed by atoms with Gasteiger partial charge < -0.3 is 4.74 Å². The van der Waals surface area contributed by atoms with Crippen LogP contribution < -0.4 is 0 Å². The highest BCUT2D eigenvalue weighted by Crippen LogP contribution is 2.43. The molecule has 12 heteroatoms. The molecule has 3 nitrogen and oxygen atoms in total. The second-order valence-corrected chi connectivity index (χ2v) is 9.41. The number of rotatable bonds is 7. The third-order valence-electron chi connectivity index (χ3n) is 6.98. The Morgan fingerprint density at radius 2 is 1.56 bits per heavy atom. The molecule has 39 heavy (non-hydrogen) atoms. The van der Waals surface area contributed by atoms with Gasteiger partial charge in [-0.25, -0.2) is 0 Å². The minimum atomic E-state index is -4.93. The Balaban J connectivity index is 2.04. The van der Waals surface area contributed by atoms with E-state index in [0.29, 0.717) is 30.2 Å². The van der Waals surface area contributed by atoms with E-state index in [9.17, 15) is 44.3 Å². The van der Waals surface area contributed by atoms with Crippen LogP contribution in [0.25, 0.3) is 0 Å². The smallest absolute Gasteiger partial charge is 0.416 e. The lowest BCUT2D eigenvalue weighted by atomic mass is 9.77. The zero-order valence-corrected chi connectivity index (χ0v) is 20.8. The molecule has 2 aromatic carbocycles. The number of methoxy groups -OCH3 is 1.